The number of carbonyl (C=O) groups excluding carboxylic acids is 4. The number of likely N-dealkylation sites (tertiary alicyclic amines) is 1. The largest absolute Gasteiger partial charge is 0.494 e. The number of aliphatic imine (C=N–C) groups is 1. The van der Waals surface area contributed by atoms with Gasteiger partial charge < -0.3 is 74.9 Å². The van der Waals surface area contributed by atoms with E-state index in [0.717, 1.165) is 23.2 Å². The number of pyridine rings is 1. The molecule has 0 spiro atoms. The molecule has 0 bridgehead atoms. The first-order chi connectivity index (χ1) is 42.6. The number of nitrogens with one attached hydrogen (secondary N) is 4. The van der Waals surface area contributed by atoms with Crippen molar-refractivity contribution in [2.45, 2.75) is 70.4 Å². The highest BCUT2D eigenvalue weighted by Crippen LogP contribution is 2.43. The second-order valence-corrected chi connectivity index (χ2v) is 22.2. The molecule has 4 aliphatic rings. The SMILES string of the molecule is CN=CC(=CN)c1cc2c(cc1C(F)F)N(c1nn(C3CCN(C(=O)CCOCCOCCOCCNC(=O)C4CCN(c5ncc(Cl)c(Nc6cc(OC)c7c(c6)cc(OCC(=O)NC)c(=O)n7C)n5)CC4)CC3)c3c1CN(C(=O)NC)CC3)CCC2. The molecule has 9 rings (SSSR count). The van der Waals surface area contributed by atoms with Crippen molar-refractivity contribution < 1.29 is 51.6 Å². The molecule has 25 nitrogen and oxygen atoms in total. The molecule has 2 saturated heterocycles. The minimum atomic E-state index is -2.76. The first-order valence-electron chi connectivity index (χ1n) is 29.7. The number of rotatable bonds is 25. The van der Waals surface area contributed by atoms with E-state index in [0.29, 0.717) is 181 Å². The number of ether oxygens (including phenoxy) is 5. The van der Waals surface area contributed by atoms with Crippen LogP contribution in [0.1, 0.15) is 78.9 Å². The van der Waals surface area contributed by atoms with Gasteiger partial charge in [0.05, 0.1) is 77.5 Å². The van der Waals surface area contributed by atoms with Gasteiger partial charge >= 0.3 is 6.03 Å². The Morgan fingerprint density at radius 1 is 0.886 bits per heavy atom. The number of fused-ring (bicyclic) bond motifs is 3. The number of nitrogens with two attached hydrogens (primary N) is 1. The third kappa shape index (κ3) is 15.0. The van der Waals surface area contributed by atoms with Crippen LogP contribution in [0, 0.1) is 5.92 Å². The van der Waals surface area contributed by atoms with Crippen LogP contribution in [0.3, 0.4) is 0 Å². The number of hydrogen-bond donors (Lipinski definition) is 5. The van der Waals surface area contributed by atoms with Crippen molar-refractivity contribution in [3.05, 3.63) is 86.1 Å². The zero-order chi connectivity index (χ0) is 62.4. The number of alkyl halides is 2. The normalized spacial score (nSPS) is 15.9. The third-order valence-corrected chi connectivity index (χ3v) is 16.6. The van der Waals surface area contributed by atoms with Crippen molar-refractivity contribution in [1.82, 2.24) is 50.1 Å². The second kappa shape index (κ2) is 30.2. The van der Waals surface area contributed by atoms with Gasteiger partial charge in [-0.25, -0.2) is 18.6 Å². The first-order valence-corrected chi connectivity index (χ1v) is 30.0. The van der Waals surface area contributed by atoms with Gasteiger partial charge in [0.2, 0.25) is 17.8 Å². The van der Waals surface area contributed by atoms with Crippen LogP contribution in [0.5, 0.6) is 11.5 Å². The van der Waals surface area contributed by atoms with Gasteiger partial charge in [-0.05, 0) is 73.9 Å². The van der Waals surface area contributed by atoms with E-state index in [-0.39, 0.29) is 71.7 Å². The van der Waals surface area contributed by atoms with Crippen LogP contribution in [0.2, 0.25) is 5.02 Å². The number of amides is 5. The number of hydrogen-bond acceptors (Lipinski definition) is 18. The number of urea groups is 1. The Kier molecular flexibility index (Phi) is 22.1. The van der Waals surface area contributed by atoms with E-state index in [1.54, 1.807) is 56.4 Å². The summed E-state index contributed by atoms with van der Waals surface area (Å²) in [4.78, 5) is 85.1. The van der Waals surface area contributed by atoms with E-state index in [2.05, 4.69) is 35.9 Å². The highest BCUT2D eigenvalue weighted by Gasteiger charge is 2.36. The molecule has 0 radical (unpaired) electrons. The molecule has 0 aliphatic carbocycles. The predicted molar refractivity (Wildman–Crippen MR) is 330 cm³/mol. The molecule has 0 atom stereocenters. The number of halogens is 3. The van der Waals surface area contributed by atoms with Gasteiger partial charge in [0.1, 0.15) is 10.8 Å². The van der Waals surface area contributed by atoms with Crippen LogP contribution in [-0.2, 0) is 55.0 Å². The van der Waals surface area contributed by atoms with Crippen molar-refractivity contribution in [3.63, 3.8) is 0 Å². The molecule has 4 aliphatic heterocycles. The summed E-state index contributed by atoms with van der Waals surface area (Å²) >= 11 is 6.57. The number of methoxy groups -OCH3 is 1. The number of likely N-dealkylation sites (N-methyl/N-ethyl adjacent to an activating group) is 1. The molecule has 5 amide bonds. The van der Waals surface area contributed by atoms with Crippen molar-refractivity contribution in [2.75, 3.05) is 135 Å². The number of benzene rings is 2. The minimum absolute atomic E-state index is 0.00142. The molecular formula is C60H78ClF2N15O10. The quantitative estimate of drug-likeness (QED) is 0.0361. The standard InChI is InChI=1S/C60H78ClF2N15O10/c1-65-33-40(32-64)43-28-38-7-6-15-77(48(38)31-44(43)54(62)63)56-45-35-76(60(83)67-3)20-12-47(45)78(72-56)42-10-18-74(19-11-42)52(80)13-21-85-23-25-87-26-24-86-22-14-68-57(81)37-8-16-75(17-9-37)59-69-34-46(61)55(71-59)70-41-27-39-29-50(88-36-51(79)66-2)58(82)73(4)53(39)49(30-41)84-5/h27-34,37,42,54H,6-26,35-36,64H2,1-5H3,(H,66,79)(H,67,83)(H,68,81)(H,69,70,71). The van der Waals surface area contributed by atoms with E-state index >= 15 is 0 Å². The number of aryl methyl sites for hydroxylation is 2. The summed E-state index contributed by atoms with van der Waals surface area (Å²) in [5.74, 6) is 1.25. The molecule has 0 unspecified atom stereocenters. The topological polar surface area (TPSA) is 279 Å². The Morgan fingerprint density at radius 3 is 2.32 bits per heavy atom. The smallest absolute Gasteiger partial charge is 0.317 e. The van der Waals surface area contributed by atoms with Crippen molar-refractivity contribution in [2.24, 2.45) is 23.7 Å². The van der Waals surface area contributed by atoms with E-state index in [1.165, 1.54) is 37.3 Å². The van der Waals surface area contributed by atoms with E-state index < -0.39 is 12.0 Å². The molecule has 7 heterocycles. The number of allylic oxidation sites excluding steroid dienone is 1. The van der Waals surface area contributed by atoms with Crippen LogP contribution in [0.25, 0.3) is 16.5 Å². The lowest BCUT2D eigenvalue weighted by Gasteiger charge is -2.34. The number of aromatic nitrogens is 5. The Labute approximate surface area is 513 Å². The molecule has 474 valence electrons. The van der Waals surface area contributed by atoms with E-state index in [1.807, 2.05) is 14.7 Å². The Hall–Kier alpha value is -8.14. The monoisotopic (exact) mass is 1240 g/mol. The van der Waals surface area contributed by atoms with Gasteiger partial charge in [-0.1, -0.05) is 11.6 Å². The molecule has 0 saturated carbocycles. The summed E-state index contributed by atoms with van der Waals surface area (Å²) in [7, 11) is 7.74. The van der Waals surface area contributed by atoms with E-state index in [9.17, 15) is 32.8 Å². The van der Waals surface area contributed by atoms with Crippen LogP contribution in [-0.4, -0.2) is 184 Å². The van der Waals surface area contributed by atoms with Crippen molar-refractivity contribution in [3.8, 4) is 11.5 Å². The van der Waals surface area contributed by atoms with Gasteiger partial charge in [0.25, 0.3) is 17.9 Å². The van der Waals surface area contributed by atoms with Gasteiger partial charge in [0, 0.05) is 144 Å². The van der Waals surface area contributed by atoms with Crippen LogP contribution < -0.4 is 51.8 Å². The third-order valence-electron chi connectivity index (χ3n) is 16.3. The Morgan fingerprint density at radius 2 is 1.62 bits per heavy atom. The highest BCUT2D eigenvalue weighted by atomic mass is 35.5. The van der Waals surface area contributed by atoms with Crippen LogP contribution in [0.15, 0.2) is 52.5 Å². The maximum Gasteiger partial charge on any atom is 0.317 e. The summed E-state index contributed by atoms with van der Waals surface area (Å²) in [6.07, 6.45) is 6.34. The lowest BCUT2D eigenvalue weighted by atomic mass is 9.92. The fourth-order valence-corrected chi connectivity index (χ4v) is 11.9. The summed E-state index contributed by atoms with van der Waals surface area (Å²) in [5, 5.41) is 17.5. The van der Waals surface area contributed by atoms with Crippen LogP contribution in [0.4, 0.5) is 42.5 Å². The van der Waals surface area contributed by atoms with Gasteiger partial charge in [-0.3, -0.25) is 28.9 Å². The molecule has 3 aromatic heterocycles. The van der Waals surface area contributed by atoms with Crippen molar-refractivity contribution in [1.29, 1.82) is 0 Å². The number of carbonyl (C=O) groups is 4. The van der Waals surface area contributed by atoms with Gasteiger partial charge in [-0.2, -0.15) is 10.1 Å². The van der Waals surface area contributed by atoms with Crippen molar-refractivity contribution >= 4 is 87.0 Å². The first kappa shape index (κ1) is 64.3. The zero-order valence-electron chi connectivity index (χ0n) is 50.4. The minimum Gasteiger partial charge on any atom is -0.494 e. The average Bonchev–Trinajstić information content (AvgIpc) is 2.47. The number of piperidine rings is 2. The fourth-order valence-electron chi connectivity index (χ4n) is 11.7. The lowest BCUT2D eigenvalue weighted by molar-refractivity contribution is -0.134. The molecule has 88 heavy (non-hydrogen) atoms. The molecule has 5 aromatic rings. The summed E-state index contributed by atoms with van der Waals surface area (Å²) in [6.45, 7) is 5.49. The summed E-state index contributed by atoms with van der Waals surface area (Å²) < 4.78 is 61.2. The van der Waals surface area contributed by atoms with Gasteiger partial charge in [0.15, 0.2) is 24.0 Å². The molecule has 2 fully saturated rings. The number of nitrogens with zero attached hydrogens (tertiary/aromatic N) is 10. The molecule has 2 aromatic carbocycles. The fraction of sp³-hybridized carbons (Fsp3) is 0.517. The average molecular weight is 1240 g/mol. The lowest BCUT2D eigenvalue weighted by Crippen LogP contribution is -2.42. The van der Waals surface area contributed by atoms with E-state index in [4.69, 9.17) is 51.1 Å². The Bertz CT molecular complexity index is 3440. The Balaban J connectivity index is 0.660. The molecule has 28 heteroatoms. The maximum absolute atomic E-state index is 14.7. The highest BCUT2D eigenvalue weighted by molar-refractivity contribution is 6.33. The van der Waals surface area contributed by atoms with Gasteiger partial charge in [-0.15, -0.1) is 0 Å². The zero-order valence-corrected chi connectivity index (χ0v) is 51.1. The summed E-state index contributed by atoms with van der Waals surface area (Å²) in [5.41, 5.74) is 10.6. The molecule has 6 N–H and O–H groups in total. The van der Waals surface area contributed by atoms with Crippen LogP contribution >= 0.6 is 11.6 Å². The predicted octanol–water partition coefficient (Wildman–Crippen LogP) is 5.41. The number of anilines is 5. The maximum atomic E-state index is 14.7. The second-order valence-electron chi connectivity index (χ2n) is 21.7. The molecular weight excluding hydrogens is 1160 g/mol. The summed E-state index contributed by atoms with van der Waals surface area (Å²) in [6, 6.07) is 8.20.